The van der Waals surface area contributed by atoms with E-state index < -0.39 is 60.8 Å². The second-order valence-electron chi connectivity index (χ2n) is 18.9. The van der Waals surface area contributed by atoms with Crippen LogP contribution in [0.3, 0.4) is 0 Å². The van der Waals surface area contributed by atoms with Crippen molar-refractivity contribution in [3.63, 3.8) is 0 Å². The second-order valence-corrected chi connectivity index (χ2v) is 19.8. The Balaban J connectivity index is 1.21. The average Bonchev–Trinajstić information content (AvgIpc) is 3.81. The van der Waals surface area contributed by atoms with E-state index in [0.29, 0.717) is 53.4 Å². The molecule has 15 heteroatoms. The average molecular weight is 910 g/mol. The quantitative estimate of drug-likeness (QED) is 0.219. The molecule has 5 fully saturated rings. The summed E-state index contributed by atoms with van der Waals surface area (Å²) in [4.78, 5) is 31.2. The summed E-state index contributed by atoms with van der Waals surface area (Å²) in [6.45, 7) is 8.00. The predicted octanol–water partition coefficient (Wildman–Crippen LogP) is 7.08. The van der Waals surface area contributed by atoms with Gasteiger partial charge in [0.1, 0.15) is 24.4 Å². The summed E-state index contributed by atoms with van der Waals surface area (Å²) in [7, 11) is 9.01. The number of Topliss-reactive ketones (excluding diaryl/α,β-unsaturated/α-hetero) is 1. The Hall–Kier alpha value is -1.88. The van der Waals surface area contributed by atoms with Crippen molar-refractivity contribution >= 4 is 40.6 Å². The highest BCUT2D eigenvalue weighted by atomic mass is 35.5. The minimum atomic E-state index is -0.964. The molecule has 0 aromatic heterocycles. The van der Waals surface area contributed by atoms with Gasteiger partial charge < -0.3 is 53.2 Å². The van der Waals surface area contributed by atoms with Crippen LogP contribution in [-0.2, 0) is 47.5 Å². The number of cyclic esters (lactones) is 1. The maximum atomic E-state index is 15.1. The first-order valence-corrected chi connectivity index (χ1v) is 23.6. The molecule has 2 saturated carbocycles. The molecular weight excluding hydrogens is 839 g/mol. The summed E-state index contributed by atoms with van der Waals surface area (Å²) in [6.07, 6.45) is 2.87. The van der Waals surface area contributed by atoms with Crippen LogP contribution >= 0.6 is 23.2 Å². The lowest BCUT2D eigenvalue weighted by molar-refractivity contribution is -0.314. The molecule has 7 rings (SSSR count). The predicted molar refractivity (Wildman–Crippen MR) is 235 cm³/mol. The Morgan fingerprint density at radius 1 is 0.855 bits per heavy atom. The molecule has 3 heterocycles. The van der Waals surface area contributed by atoms with Gasteiger partial charge in [0, 0.05) is 60.9 Å². The number of carbonyl (C=O) groups excluding carboxylic acids is 2. The van der Waals surface area contributed by atoms with Gasteiger partial charge in [-0.05, 0) is 121 Å². The number of likely N-dealkylation sites (N-methyl/N-ethyl adjacent to an activating group) is 1. The van der Waals surface area contributed by atoms with Crippen LogP contribution in [0.2, 0.25) is 10.0 Å². The number of nitrogens with zero attached hydrogens (tertiary/aromatic N) is 1. The summed E-state index contributed by atoms with van der Waals surface area (Å²) in [6, 6.07) is 5.05. The van der Waals surface area contributed by atoms with E-state index in [1.807, 2.05) is 20.8 Å². The van der Waals surface area contributed by atoms with Gasteiger partial charge in [-0.1, -0.05) is 43.1 Å². The molecule has 62 heavy (non-hydrogen) atoms. The van der Waals surface area contributed by atoms with Crippen LogP contribution < -0.4 is 5.32 Å². The number of halogens is 2. The normalized spacial score (nSPS) is 42.9. The van der Waals surface area contributed by atoms with Crippen LogP contribution in [-0.4, -0.2) is 137 Å². The van der Waals surface area contributed by atoms with Crippen molar-refractivity contribution in [3.05, 3.63) is 39.9 Å². The molecule has 0 spiro atoms. The number of carbonyl (C=O) groups is 2. The van der Waals surface area contributed by atoms with Gasteiger partial charge in [0.25, 0.3) is 0 Å². The van der Waals surface area contributed by atoms with Crippen molar-refractivity contribution in [2.45, 2.75) is 165 Å². The number of esters is 1. The first kappa shape index (κ1) is 48.1. The molecule has 3 aliphatic heterocycles. The van der Waals surface area contributed by atoms with Crippen LogP contribution in [0.4, 0.5) is 5.69 Å². The van der Waals surface area contributed by atoms with Crippen LogP contribution in [0.25, 0.3) is 0 Å². The minimum absolute atomic E-state index is 0.0187. The Morgan fingerprint density at radius 3 is 2.19 bits per heavy atom. The number of hydrogen-bond acceptors (Lipinski definition) is 13. The van der Waals surface area contributed by atoms with Gasteiger partial charge in [0.05, 0.1) is 43.0 Å². The summed E-state index contributed by atoms with van der Waals surface area (Å²) in [5, 5.41) is 17.3. The highest BCUT2D eigenvalue weighted by Crippen LogP contribution is 2.57. The van der Waals surface area contributed by atoms with Crippen molar-refractivity contribution in [1.29, 1.82) is 0 Å². The molecular formula is C47H70Cl2N2O11. The summed E-state index contributed by atoms with van der Waals surface area (Å²) in [5.41, 5.74) is 1.24. The number of ketones is 1. The number of aliphatic hydroxyl groups is 1. The van der Waals surface area contributed by atoms with E-state index in [1.165, 1.54) is 0 Å². The van der Waals surface area contributed by atoms with E-state index in [-0.39, 0.29) is 72.5 Å². The van der Waals surface area contributed by atoms with Crippen molar-refractivity contribution in [1.82, 2.24) is 4.90 Å². The fourth-order valence-electron chi connectivity index (χ4n) is 12.0. The van der Waals surface area contributed by atoms with E-state index in [0.717, 1.165) is 19.3 Å². The van der Waals surface area contributed by atoms with Gasteiger partial charge in [-0.2, -0.15) is 0 Å². The summed E-state index contributed by atoms with van der Waals surface area (Å²) < 4.78 is 50.2. The van der Waals surface area contributed by atoms with Gasteiger partial charge in [-0.15, -0.1) is 0 Å². The van der Waals surface area contributed by atoms with E-state index in [9.17, 15) is 9.90 Å². The Labute approximate surface area is 378 Å². The van der Waals surface area contributed by atoms with E-state index >= 15 is 4.79 Å². The molecule has 2 N–H and O–H groups in total. The third-order valence-electron chi connectivity index (χ3n) is 15.1. The van der Waals surface area contributed by atoms with Crippen molar-refractivity contribution in [3.8, 4) is 0 Å². The number of ether oxygens (including phenoxy) is 8. The van der Waals surface area contributed by atoms with Crippen LogP contribution in [0.5, 0.6) is 0 Å². The van der Waals surface area contributed by atoms with E-state index in [2.05, 4.69) is 37.3 Å². The summed E-state index contributed by atoms with van der Waals surface area (Å²) in [5.74, 6) is -2.32. The fourth-order valence-corrected chi connectivity index (χ4v) is 12.6. The molecule has 0 bridgehead atoms. The van der Waals surface area contributed by atoms with Gasteiger partial charge in [0.2, 0.25) is 0 Å². The van der Waals surface area contributed by atoms with Gasteiger partial charge in [-0.3, -0.25) is 9.59 Å². The molecule has 0 amide bonds. The molecule has 3 saturated heterocycles. The Morgan fingerprint density at radius 2 is 1.55 bits per heavy atom. The van der Waals surface area contributed by atoms with E-state index in [1.54, 1.807) is 39.5 Å². The third kappa shape index (κ3) is 10.1. The van der Waals surface area contributed by atoms with Crippen molar-refractivity contribution < 1.29 is 52.6 Å². The zero-order chi connectivity index (χ0) is 44.6. The fraction of sp³-hybridized carbons (Fsp3) is 0.787. The number of aliphatic hydroxyl groups excluding tert-OH is 1. The molecule has 3 aliphatic carbocycles. The largest absolute Gasteiger partial charge is 0.462 e. The number of methoxy groups -OCH3 is 3. The maximum Gasteiger partial charge on any atom is 0.306 e. The standard InChI is InChI=1S/C47H70Cl2N2O11/c1-10-29-12-11-13-37(62-39-15-14-36(51(5)6)24(3)58-39)23(2)42(53)35-21-32-31-19-30(61-47-46(57-9)45(56-8)44(55-7)25(4)59-47)20-34(31)41(50-28-17-26(48)16-27(49)18-28)43(54)40(32)33(35)22-38(52)60-29/h16-18,21,23-25,29-34,36-37,39-41,43-47,50,54H,10-15,19-20,22H2,1-9H3/t23-,24?,25?,29+,30+,31+,32+,33-,34-,36+,37+,39+,40-,41+,43+,44+,45?,46?,47+/m1/s1. The Bertz CT molecular complexity index is 1720. The lowest BCUT2D eigenvalue weighted by Gasteiger charge is -2.47. The molecule has 0 radical (unpaired) electrons. The van der Waals surface area contributed by atoms with E-state index in [4.69, 9.17) is 61.1 Å². The van der Waals surface area contributed by atoms with Gasteiger partial charge in [0.15, 0.2) is 18.4 Å². The number of nitrogens with one attached hydrogen (secondary N) is 1. The molecule has 6 aliphatic rings. The molecule has 1 aromatic carbocycles. The van der Waals surface area contributed by atoms with Crippen LogP contribution in [0.15, 0.2) is 29.8 Å². The Kier molecular flexibility index (Phi) is 16.1. The summed E-state index contributed by atoms with van der Waals surface area (Å²) >= 11 is 13.0. The number of benzene rings is 1. The maximum absolute atomic E-state index is 15.1. The van der Waals surface area contributed by atoms with Crippen LogP contribution in [0, 0.1) is 35.5 Å². The zero-order valence-corrected chi connectivity index (χ0v) is 39.4. The zero-order valence-electron chi connectivity index (χ0n) is 37.9. The number of anilines is 1. The van der Waals surface area contributed by atoms with Crippen molar-refractivity contribution in [2.24, 2.45) is 35.5 Å². The molecule has 4 unspecified atom stereocenters. The minimum Gasteiger partial charge on any atom is -0.462 e. The lowest BCUT2D eigenvalue weighted by Crippen LogP contribution is -2.59. The highest BCUT2D eigenvalue weighted by Gasteiger charge is 2.60. The first-order chi connectivity index (χ1) is 29.6. The monoisotopic (exact) mass is 908 g/mol. The lowest BCUT2D eigenvalue weighted by atomic mass is 9.62. The number of allylic oxidation sites excluding steroid dienone is 2. The first-order valence-electron chi connectivity index (χ1n) is 22.9. The molecule has 19 atom stereocenters. The van der Waals surface area contributed by atoms with Gasteiger partial charge >= 0.3 is 5.97 Å². The number of fused-ring (bicyclic) bond motifs is 5. The molecule has 13 nitrogen and oxygen atoms in total. The van der Waals surface area contributed by atoms with Gasteiger partial charge in [-0.25, -0.2) is 0 Å². The second kappa shape index (κ2) is 20.7. The smallest absolute Gasteiger partial charge is 0.306 e. The number of rotatable bonds is 11. The van der Waals surface area contributed by atoms with Crippen molar-refractivity contribution in [2.75, 3.05) is 40.7 Å². The topological polar surface area (TPSA) is 143 Å². The third-order valence-corrected chi connectivity index (χ3v) is 15.5. The highest BCUT2D eigenvalue weighted by molar-refractivity contribution is 6.35. The SMILES string of the molecule is CC[C@H]1CCC[C@H](O[C@H]2CC[C@H](N(C)C)C(C)O2)[C@@H](C)C(=O)C2=C[C@H]3[C@@H]4C[C@H](O[C@@H]5OC(C)[C@H](OC)C(OC)C5OC)C[C@H]4[C@H](Nc4cc(Cl)cc(Cl)c4)[C@@H](O)[C@H]3[C@@H]2CC(=O)O1. The van der Waals surface area contributed by atoms with Crippen LogP contribution in [0.1, 0.15) is 85.5 Å². The molecule has 1 aromatic rings. The number of hydrogen-bond donors (Lipinski definition) is 2. The molecule has 348 valence electrons.